The van der Waals surface area contributed by atoms with Crippen LogP contribution in [0.4, 0.5) is 0 Å². The van der Waals surface area contributed by atoms with Gasteiger partial charge in [0.15, 0.2) is 5.96 Å². The van der Waals surface area contributed by atoms with Crippen molar-refractivity contribution in [1.82, 2.24) is 15.5 Å². The van der Waals surface area contributed by atoms with Gasteiger partial charge in [-0.25, -0.2) is 0 Å². The van der Waals surface area contributed by atoms with Crippen molar-refractivity contribution in [2.45, 2.75) is 51.7 Å². The molecule has 1 aromatic carbocycles. The molecule has 0 aliphatic carbocycles. The number of guanidine groups is 1. The second-order valence-electron chi connectivity index (χ2n) is 7.27. The molecular formula is C22H32N4O. The van der Waals surface area contributed by atoms with E-state index in [0.717, 1.165) is 37.8 Å². The molecule has 5 heteroatoms. The Labute approximate surface area is 162 Å². The molecule has 27 heavy (non-hydrogen) atoms. The van der Waals surface area contributed by atoms with Gasteiger partial charge in [0.05, 0.1) is 6.26 Å². The first-order chi connectivity index (χ1) is 13.3. The van der Waals surface area contributed by atoms with Gasteiger partial charge in [0, 0.05) is 39.1 Å². The predicted molar refractivity (Wildman–Crippen MR) is 111 cm³/mol. The molecule has 1 unspecified atom stereocenters. The molecule has 1 aliphatic rings. The minimum atomic E-state index is 0.677. The number of piperidine rings is 1. The van der Waals surface area contributed by atoms with Gasteiger partial charge in [-0.05, 0) is 49.6 Å². The molecular weight excluding hydrogens is 336 g/mol. The van der Waals surface area contributed by atoms with Gasteiger partial charge < -0.3 is 15.1 Å². The fraction of sp³-hybridized carbons (Fsp3) is 0.500. The fourth-order valence-electron chi connectivity index (χ4n) is 3.65. The van der Waals surface area contributed by atoms with Crippen LogP contribution in [-0.2, 0) is 19.5 Å². The Morgan fingerprint density at radius 2 is 2.00 bits per heavy atom. The largest absolute Gasteiger partial charge is 0.469 e. The van der Waals surface area contributed by atoms with E-state index in [1.807, 2.05) is 19.2 Å². The van der Waals surface area contributed by atoms with Crippen LogP contribution in [0.3, 0.4) is 0 Å². The Morgan fingerprint density at radius 1 is 1.15 bits per heavy atom. The molecule has 1 atom stereocenters. The lowest BCUT2D eigenvalue weighted by Crippen LogP contribution is -2.39. The molecule has 0 amide bonds. The van der Waals surface area contributed by atoms with Crippen LogP contribution in [0.1, 0.15) is 43.1 Å². The summed E-state index contributed by atoms with van der Waals surface area (Å²) in [7, 11) is 1.81. The summed E-state index contributed by atoms with van der Waals surface area (Å²) in [5.74, 6) is 1.81. The molecule has 0 bridgehead atoms. The molecule has 0 saturated carbocycles. The summed E-state index contributed by atoms with van der Waals surface area (Å²) < 4.78 is 5.37. The number of likely N-dealkylation sites (tertiary alicyclic amines) is 1. The second kappa shape index (κ2) is 10.2. The first-order valence-electron chi connectivity index (χ1n) is 10.0. The van der Waals surface area contributed by atoms with Crippen molar-refractivity contribution in [3.63, 3.8) is 0 Å². The van der Waals surface area contributed by atoms with Crippen LogP contribution in [0.25, 0.3) is 0 Å². The zero-order chi connectivity index (χ0) is 18.9. The third-order valence-electron chi connectivity index (χ3n) is 5.35. The van der Waals surface area contributed by atoms with E-state index >= 15 is 0 Å². The molecule has 2 N–H and O–H groups in total. The fourth-order valence-corrected chi connectivity index (χ4v) is 3.65. The van der Waals surface area contributed by atoms with E-state index in [1.165, 1.54) is 36.9 Å². The van der Waals surface area contributed by atoms with Gasteiger partial charge in [-0.15, -0.1) is 0 Å². The topological polar surface area (TPSA) is 52.8 Å². The average Bonchev–Trinajstić information content (AvgIpc) is 3.21. The highest BCUT2D eigenvalue weighted by Gasteiger charge is 2.19. The maximum atomic E-state index is 5.37. The summed E-state index contributed by atoms with van der Waals surface area (Å²) in [6.07, 6.45) is 6.55. The Kier molecular flexibility index (Phi) is 7.34. The first-order valence-corrected chi connectivity index (χ1v) is 10.0. The van der Waals surface area contributed by atoms with Gasteiger partial charge in [0.2, 0.25) is 0 Å². The van der Waals surface area contributed by atoms with Crippen LogP contribution in [0, 0.1) is 0 Å². The van der Waals surface area contributed by atoms with Gasteiger partial charge in [0.25, 0.3) is 0 Å². The van der Waals surface area contributed by atoms with Crippen molar-refractivity contribution in [2.75, 3.05) is 20.1 Å². The van der Waals surface area contributed by atoms with Crippen molar-refractivity contribution >= 4 is 5.96 Å². The summed E-state index contributed by atoms with van der Waals surface area (Å²) in [6, 6.07) is 13.3. The quantitative estimate of drug-likeness (QED) is 0.580. The molecule has 1 aliphatic heterocycles. The van der Waals surface area contributed by atoms with Gasteiger partial charge in [0.1, 0.15) is 5.76 Å². The minimum Gasteiger partial charge on any atom is -0.469 e. The molecule has 3 rings (SSSR count). The smallest absolute Gasteiger partial charge is 0.191 e. The molecule has 2 heterocycles. The summed E-state index contributed by atoms with van der Waals surface area (Å²) >= 11 is 0. The predicted octanol–water partition coefficient (Wildman–Crippen LogP) is 3.56. The number of hydrogen-bond acceptors (Lipinski definition) is 3. The number of rotatable bonds is 7. The number of benzene rings is 1. The lowest BCUT2D eigenvalue weighted by atomic mass is 10.0. The number of nitrogens with one attached hydrogen (secondary N) is 2. The monoisotopic (exact) mass is 368 g/mol. The maximum Gasteiger partial charge on any atom is 0.191 e. The van der Waals surface area contributed by atoms with E-state index in [4.69, 9.17) is 4.42 Å². The first kappa shape index (κ1) is 19.5. The molecule has 1 fully saturated rings. The summed E-state index contributed by atoms with van der Waals surface area (Å²) in [5, 5.41) is 6.80. The van der Waals surface area contributed by atoms with Crippen molar-refractivity contribution in [1.29, 1.82) is 0 Å². The van der Waals surface area contributed by atoms with E-state index in [2.05, 4.69) is 51.7 Å². The highest BCUT2D eigenvalue weighted by molar-refractivity contribution is 5.79. The van der Waals surface area contributed by atoms with Gasteiger partial charge >= 0.3 is 0 Å². The molecule has 1 aromatic heterocycles. The average molecular weight is 369 g/mol. The third-order valence-corrected chi connectivity index (χ3v) is 5.35. The maximum absolute atomic E-state index is 5.37. The summed E-state index contributed by atoms with van der Waals surface area (Å²) in [6.45, 7) is 6.16. The van der Waals surface area contributed by atoms with Crippen LogP contribution in [0.5, 0.6) is 0 Å². The summed E-state index contributed by atoms with van der Waals surface area (Å²) in [5.41, 5.74) is 2.74. The van der Waals surface area contributed by atoms with Crippen molar-refractivity contribution < 1.29 is 4.42 Å². The van der Waals surface area contributed by atoms with Gasteiger partial charge in [-0.2, -0.15) is 0 Å². The standard InChI is InChI=1S/C22H32N4O/c1-18-8-5-6-14-26(18)17-20-10-4-3-9-19(20)16-25-22(23-2)24-13-12-21-11-7-15-27-21/h3-4,7,9-11,15,18H,5-6,8,12-14,16-17H2,1-2H3,(H2,23,24,25). The Bertz CT molecular complexity index is 711. The van der Waals surface area contributed by atoms with Crippen molar-refractivity contribution in [3.8, 4) is 0 Å². The summed E-state index contributed by atoms with van der Waals surface area (Å²) in [4.78, 5) is 6.94. The molecule has 146 valence electrons. The van der Waals surface area contributed by atoms with Gasteiger partial charge in [-0.1, -0.05) is 30.7 Å². The number of aliphatic imine (C=N–C) groups is 1. The zero-order valence-corrected chi connectivity index (χ0v) is 16.6. The molecule has 0 spiro atoms. The van der Waals surface area contributed by atoms with Crippen LogP contribution in [0.15, 0.2) is 52.1 Å². The van der Waals surface area contributed by atoms with Crippen molar-refractivity contribution in [3.05, 3.63) is 59.5 Å². The number of nitrogens with zero attached hydrogens (tertiary/aromatic N) is 2. The second-order valence-corrected chi connectivity index (χ2v) is 7.27. The lowest BCUT2D eigenvalue weighted by Gasteiger charge is -2.33. The zero-order valence-electron chi connectivity index (χ0n) is 16.6. The van der Waals surface area contributed by atoms with E-state index in [-0.39, 0.29) is 0 Å². The van der Waals surface area contributed by atoms with E-state index in [1.54, 1.807) is 6.26 Å². The van der Waals surface area contributed by atoms with E-state index in [0.29, 0.717) is 6.04 Å². The van der Waals surface area contributed by atoms with Crippen LogP contribution >= 0.6 is 0 Å². The SMILES string of the molecule is CN=C(NCCc1ccco1)NCc1ccccc1CN1CCCCC1C. The normalized spacial score (nSPS) is 18.4. The van der Waals surface area contributed by atoms with Crippen LogP contribution in [-0.4, -0.2) is 37.0 Å². The Hall–Kier alpha value is -2.27. The third kappa shape index (κ3) is 5.86. The van der Waals surface area contributed by atoms with Crippen LogP contribution in [0.2, 0.25) is 0 Å². The van der Waals surface area contributed by atoms with E-state index < -0.39 is 0 Å². The highest BCUT2D eigenvalue weighted by atomic mass is 16.3. The minimum absolute atomic E-state index is 0.677. The number of hydrogen-bond donors (Lipinski definition) is 2. The van der Waals surface area contributed by atoms with Gasteiger partial charge in [-0.3, -0.25) is 9.89 Å². The lowest BCUT2D eigenvalue weighted by molar-refractivity contribution is 0.152. The molecule has 1 saturated heterocycles. The Morgan fingerprint density at radius 3 is 2.74 bits per heavy atom. The number of furan rings is 1. The highest BCUT2D eigenvalue weighted by Crippen LogP contribution is 2.20. The van der Waals surface area contributed by atoms with Crippen molar-refractivity contribution in [2.24, 2.45) is 4.99 Å². The Balaban J connectivity index is 1.52. The van der Waals surface area contributed by atoms with Crippen LogP contribution < -0.4 is 10.6 Å². The molecule has 5 nitrogen and oxygen atoms in total. The molecule has 0 radical (unpaired) electrons. The molecule has 2 aromatic rings. The van der Waals surface area contributed by atoms with E-state index in [9.17, 15) is 0 Å².